The van der Waals surface area contributed by atoms with Crippen molar-refractivity contribution >= 4 is 35.3 Å². The summed E-state index contributed by atoms with van der Waals surface area (Å²) >= 11 is 3.57. The van der Waals surface area contributed by atoms with Crippen LogP contribution in [-0.4, -0.2) is 60.6 Å². The Morgan fingerprint density at radius 3 is 2.68 bits per heavy atom. The van der Waals surface area contributed by atoms with Gasteiger partial charge in [-0.15, -0.1) is 0 Å². The predicted molar refractivity (Wildman–Crippen MR) is 130 cm³/mol. The molecule has 0 radical (unpaired) electrons. The van der Waals surface area contributed by atoms with Crippen LogP contribution >= 0.6 is 23.5 Å². The van der Waals surface area contributed by atoms with Crippen LogP contribution in [0.5, 0.6) is 5.75 Å². The molecule has 6 nitrogen and oxygen atoms in total. The monoisotopic (exact) mass is 465 g/mol. The van der Waals surface area contributed by atoms with Gasteiger partial charge in [-0.3, -0.25) is 9.59 Å². The Hall–Kier alpha value is -1.38. The number of hydrogen-bond donors (Lipinski definition) is 3. The molecule has 2 aliphatic rings. The number of ether oxygens (including phenoxy) is 1. The Kier molecular flexibility index (Phi) is 10.4. The van der Waals surface area contributed by atoms with Crippen LogP contribution in [0.4, 0.5) is 0 Å². The Morgan fingerprint density at radius 1 is 1.23 bits per heavy atom. The maximum atomic E-state index is 13.0. The third-order valence-corrected chi connectivity index (χ3v) is 8.20. The summed E-state index contributed by atoms with van der Waals surface area (Å²) in [6.07, 6.45) is 6.56. The van der Waals surface area contributed by atoms with E-state index in [4.69, 9.17) is 4.74 Å². The fourth-order valence-corrected chi connectivity index (χ4v) is 6.16. The highest BCUT2D eigenvalue weighted by Crippen LogP contribution is 2.27. The minimum absolute atomic E-state index is 0.0740. The summed E-state index contributed by atoms with van der Waals surface area (Å²) in [4.78, 5) is 25.7. The van der Waals surface area contributed by atoms with Crippen LogP contribution in [0.25, 0.3) is 0 Å². The van der Waals surface area contributed by atoms with Crippen molar-refractivity contribution in [1.29, 1.82) is 0 Å². The number of hydrogen-bond acceptors (Lipinski definition) is 6. The molecule has 1 saturated carbocycles. The van der Waals surface area contributed by atoms with E-state index in [0.29, 0.717) is 12.3 Å². The zero-order valence-electron chi connectivity index (χ0n) is 18.4. The first kappa shape index (κ1) is 24.3. The number of methoxy groups -OCH3 is 1. The summed E-state index contributed by atoms with van der Waals surface area (Å²) in [5.41, 5.74) is 0.999. The zero-order valence-corrected chi connectivity index (χ0v) is 20.0. The smallest absolute Gasteiger partial charge is 0.243 e. The lowest BCUT2D eigenvalue weighted by Gasteiger charge is -2.26. The lowest BCUT2D eigenvalue weighted by atomic mass is 9.91. The molecular weight excluding hydrogens is 430 g/mol. The fourth-order valence-electron chi connectivity index (χ4n) is 3.95. The first-order valence-electron chi connectivity index (χ1n) is 11.3. The van der Waals surface area contributed by atoms with Crippen LogP contribution < -0.4 is 20.7 Å². The highest BCUT2D eigenvalue weighted by atomic mass is 32.2. The standard InChI is InChI=1S/C23H35N3O3S2/c1-29-19-9-7-17(8-10-19)13-25-22(27)21(16-31-14-18-5-3-2-4-6-18)26-23(28)20-15-30-12-11-24-20/h7-10,18,20-21,24H,2-6,11-16H2,1H3,(H,25,27)(H,26,28)/t20?,21-/m0/s1. The summed E-state index contributed by atoms with van der Waals surface area (Å²) in [7, 11) is 1.63. The molecule has 1 saturated heterocycles. The molecule has 0 spiro atoms. The van der Waals surface area contributed by atoms with Crippen LogP contribution in [0, 0.1) is 5.92 Å². The van der Waals surface area contributed by atoms with Gasteiger partial charge in [0.1, 0.15) is 11.8 Å². The van der Waals surface area contributed by atoms with Crippen molar-refractivity contribution in [2.45, 2.75) is 50.7 Å². The molecule has 1 aromatic rings. The number of amides is 2. The van der Waals surface area contributed by atoms with Gasteiger partial charge < -0.3 is 20.7 Å². The number of benzene rings is 1. The lowest BCUT2D eigenvalue weighted by molar-refractivity contribution is -0.129. The Balaban J connectivity index is 1.52. The van der Waals surface area contributed by atoms with E-state index in [2.05, 4.69) is 16.0 Å². The minimum atomic E-state index is -0.520. The molecule has 0 bridgehead atoms. The number of thioether (sulfide) groups is 2. The quantitative estimate of drug-likeness (QED) is 0.493. The second-order valence-corrected chi connectivity index (χ2v) is 10.5. The number of rotatable bonds is 10. The van der Waals surface area contributed by atoms with E-state index >= 15 is 0 Å². The van der Waals surface area contributed by atoms with Gasteiger partial charge >= 0.3 is 0 Å². The van der Waals surface area contributed by atoms with Crippen molar-refractivity contribution in [3.05, 3.63) is 29.8 Å². The van der Waals surface area contributed by atoms with E-state index in [1.165, 1.54) is 32.1 Å². The van der Waals surface area contributed by atoms with Crippen molar-refractivity contribution < 1.29 is 14.3 Å². The van der Waals surface area contributed by atoms with Crippen LogP contribution in [0.1, 0.15) is 37.7 Å². The van der Waals surface area contributed by atoms with E-state index in [1.807, 2.05) is 24.3 Å². The van der Waals surface area contributed by atoms with Gasteiger partial charge in [0.15, 0.2) is 0 Å². The predicted octanol–water partition coefficient (Wildman–Crippen LogP) is 2.81. The average molecular weight is 466 g/mol. The molecule has 2 amide bonds. The van der Waals surface area contributed by atoms with Crippen molar-refractivity contribution in [2.24, 2.45) is 5.92 Å². The average Bonchev–Trinajstić information content (AvgIpc) is 2.83. The van der Waals surface area contributed by atoms with Gasteiger partial charge in [-0.1, -0.05) is 31.4 Å². The largest absolute Gasteiger partial charge is 0.497 e. The molecule has 1 aliphatic carbocycles. The van der Waals surface area contributed by atoms with E-state index in [-0.39, 0.29) is 17.9 Å². The van der Waals surface area contributed by atoms with Crippen LogP contribution in [0.3, 0.4) is 0 Å². The number of nitrogens with one attached hydrogen (secondary N) is 3. The third-order valence-electron chi connectivity index (χ3n) is 5.86. The Bertz CT molecular complexity index is 690. The molecular formula is C23H35N3O3S2. The molecule has 3 rings (SSSR count). The van der Waals surface area contributed by atoms with Gasteiger partial charge in [0, 0.05) is 30.3 Å². The molecule has 2 atom stereocenters. The summed E-state index contributed by atoms with van der Waals surface area (Å²) in [6.45, 7) is 1.26. The lowest BCUT2D eigenvalue weighted by Crippen LogP contribution is -2.55. The van der Waals surface area contributed by atoms with Crippen LogP contribution in [-0.2, 0) is 16.1 Å². The number of carbonyl (C=O) groups excluding carboxylic acids is 2. The van der Waals surface area contributed by atoms with E-state index in [0.717, 1.165) is 41.0 Å². The van der Waals surface area contributed by atoms with Crippen LogP contribution in [0.2, 0.25) is 0 Å². The van der Waals surface area contributed by atoms with Crippen molar-refractivity contribution in [1.82, 2.24) is 16.0 Å². The topological polar surface area (TPSA) is 79.5 Å². The Morgan fingerprint density at radius 2 is 2.00 bits per heavy atom. The summed E-state index contributed by atoms with van der Waals surface area (Å²) in [5, 5.41) is 9.27. The molecule has 172 valence electrons. The summed E-state index contributed by atoms with van der Waals surface area (Å²) < 4.78 is 5.18. The fraction of sp³-hybridized carbons (Fsp3) is 0.652. The molecule has 31 heavy (non-hydrogen) atoms. The van der Waals surface area contributed by atoms with Gasteiger partial charge in [0.2, 0.25) is 11.8 Å². The molecule has 1 unspecified atom stereocenters. The Labute approximate surface area is 194 Å². The molecule has 1 heterocycles. The summed E-state index contributed by atoms with van der Waals surface area (Å²) in [6, 6.07) is 6.90. The van der Waals surface area contributed by atoms with Crippen molar-refractivity contribution in [3.8, 4) is 5.75 Å². The third kappa shape index (κ3) is 8.24. The molecule has 3 N–H and O–H groups in total. The number of carbonyl (C=O) groups is 2. The second kappa shape index (κ2) is 13.2. The second-order valence-electron chi connectivity index (χ2n) is 8.25. The first-order valence-corrected chi connectivity index (χ1v) is 13.6. The van der Waals surface area contributed by atoms with Crippen molar-refractivity contribution in [3.63, 3.8) is 0 Å². The van der Waals surface area contributed by atoms with Gasteiger partial charge in [0.25, 0.3) is 0 Å². The van der Waals surface area contributed by atoms with Crippen LogP contribution in [0.15, 0.2) is 24.3 Å². The highest BCUT2D eigenvalue weighted by Gasteiger charge is 2.27. The first-order chi connectivity index (χ1) is 15.2. The van der Waals surface area contributed by atoms with E-state index < -0.39 is 6.04 Å². The molecule has 8 heteroatoms. The van der Waals surface area contributed by atoms with E-state index in [9.17, 15) is 9.59 Å². The van der Waals surface area contributed by atoms with Gasteiger partial charge in [-0.2, -0.15) is 23.5 Å². The normalized spacial score (nSPS) is 20.6. The van der Waals surface area contributed by atoms with E-state index in [1.54, 1.807) is 30.6 Å². The SMILES string of the molecule is COc1ccc(CNC(=O)[C@H](CSCC2CCCCC2)NC(=O)C2CSCCN2)cc1. The van der Waals surface area contributed by atoms with Crippen molar-refractivity contribution in [2.75, 3.05) is 36.7 Å². The summed E-state index contributed by atoms with van der Waals surface area (Å²) in [5.74, 6) is 4.78. The minimum Gasteiger partial charge on any atom is -0.497 e. The van der Waals surface area contributed by atoms with Gasteiger partial charge in [0.05, 0.1) is 13.2 Å². The maximum Gasteiger partial charge on any atom is 0.243 e. The maximum absolute atomic E-state index is 13.0. The van der Waals surface area contributed by atoms with Gasteiger partial charge in [-0.25, -0.2) is 0 Å². The molecule has 1 aromatic carbocycles. The molecule has 0 aromatic heterocycles. The zero-order chi connectivity index (χ0) is 21.9. The van der Waals surface area contributed by atoms with Gasteiger partial charge in [-0.05, 0) is 42.2 Å². The molecule has 1 aliphatic heterocycles. The highest BCUT2D eigenvalue weighted by molar-refractivity contribution is 7.99. The molecule has 2 fully saturated rings.